The van der Waals surface area contributed by atoms with E-state index in [1.807, 2.05) is 24.3 Å². The molecule has 2 aromatic rings. The first kappa shape index (κ1) is 16.1. The minimum atomic E-state index is -0.0961. The van der Waals surface area contributed by atoms with Gasteiger partial charge < -0.3 is 14.8 Å². The van der Waals surface area contributed by atoms with Gasteiger partial charge in [0.15, 0.2) is 0 Å². The van der Waals surface area contributed by atoms with Crippen molar-refractivity contribution < 1.29 is 9.59 Å². The molecular formula is C17H20BrN3O2. The normalized spacial score (nSPS) is 18.2. The van der Waals surface area contributed by atoms with Crippen LogP contribution in [0.3, 0.4) is 0 Å². The van der Waals surface area contributed by atoms with Gasteiger partial charge in [-0.2, -0.15) is 0 Å². The van der Waals surface area contributed by atoms with Crippen molar-refractivity contribution in [2.75, 3.05) is 27.2 Å². The Labute approximate surface area is 143 Å². The van der Waals surface area contributed by atoms with E-state index in [4.69, 9.17) is 0 Å². The van der Waals surface area contributed by atoms with Gasteiger partial charge in [0, 0.05) is 42.6 Å². The Balaban J connectivity index is 1.79. The first-order valence-corrected chi connectivity index (χ1v) is 8.53. The van der Waals surface area contributed by atoms with Crippen LogP contribution in [-0.2, 0) is 4.79 Å². The summed E-state index contributed by atoms with van der Waals surface area (Å²) in [5.41, 5.74) is 1.52. The predicted molar refractivity (Wildman–Crippen MR) is 93.3 cm³/mol. The Kier molecular flexibility index (Phi) is 4.43. The Hall–Kier alpha value is -1.82. The maximum absolute atomic E-state index is 12.8. The van der Waals surface area contributed by atoms with Crippen LogP contribution in [0.2, 0.25) is 0 Å². The Bertz CT molecular complexity index is 753. The third-order valence-corrected chi connectivity index (χ3v) is 4.81. The number of carbonyl (C=O) groups is 2. The molecule has 23 heavy (non-hydrogen) atoms. The highest BCUT2D eigenvalue weighted by atomic mass is 79.9. The molecule has 0 spiro atoms. The lowest BCUT2D eigenvalue weighted by Gasteiger charge is -2.33. The number of piperidine rings is 1. The second-order valence-corrected chi connectivity index (χ2v) is 7.15. The number of nitrogens with zero attached hydrogens (tertiary/aromatic N) is 2. The molecule has 1 aliphatic rings. The fraction of sp³-hybridized carbons (Fsp3) is 0.412. The third kappa shape index (κ3) is 3.27. The molecule has 1 N–H and O–H groups in total. The number of carbonyl (C=O) groups excluding carboxylic acids is 2. The fourth-order valence-corrected chi connectivity index (χ4v) is 3.50. The van der Waals surface area contributed by atoms with Gasteiger partial charge >= 0.3 is 0 Å². The zero-order valence-corrected chi connectivity index (χ0v) is 14.9. The summed E-state index contributed by atoms with van der Waals surface area (Å²) >= 11 is 3.44. The summed E-state index contributed by atoms with van der Waals surface area (Å²) in [6, 6.07) is 7.75. The van der Waals surface area contributed by atoms with Crippen LogP contribution < -0.4 is 0 Å². The van der Waals surface area contributed by atoms with Gasteiger partial charge in [-0.3, -0.25) is 9.59 Å². The van der Waals surface area contributed by atoms with Gasteiger partial charge in [-0.1, -0.05) is 15.9 Å². The van der Waals surface area contributed by atoms with Crippen LogP contribution in [-0.4, -0.2) is 53.8 Å². The van der Waals surface area contributed by atoms with E-state index in [-0.39, 0.29) is 17.7 Å². The molecule has 1 unspecified atom stereocenters. The van der Waals surface area contributed by atoms with Crippen molar-refractivity contribution in [2.45, 2.75) is 12.8 Å². The van der Waals surface area contributed by atoms with Crippen LogP contribution in [0.15, 0.2) is 28.7 Å². The van der Waals surface area contributed by atoms with E-state index in [1.54, 1.807) is 23.9 Å². The van der Waals surface area contributed by atoms with E-state index in [0.717, 1.165) is 28.2 Å². The molecule has 1 saturated heterocycles. The Morgan fingerprint density at radius 1 is 1.30 bits per heavy atom. The topological polar surface area (TPSA) is 56.4 Å². The first-order valence-electron chi connectivity index (χ1n) is 7.74. The van der Waals surface area contributed by atoms with Crippen molar-refractivity contribution in [1.29, 1.82) is 0 Å². The molecular weight excluding hydrogens is 358 g/mol. The number of likely N-dealkylation sites (tertiary alicyclic amines) is 1. The SMILES string of the molecule is CN(C)C(=O)C1CCCN(C(=O)c2cc3cc(Br)ccc3[nH]2)C1. The molecule has 1 aromatic heterocycles. The number of H-pyrrole nitrogens is 1. The molecule has 2 amide bonds. The van der Waals surface area contributed by atoms with Gasteiger partial charge in [-0.15, -0.1) is 0 Å². The maximum Gasteiger partial charge on any atom is 0.270 e. The number of halogens is 1. The van der Waals surface area contributed by atoms with Crippen LogP contribution in [0.25, 0.3) is 10.9 Å². The molecule has 0 aliphatic carbocycles. The third-order valence-electron chi connectivity index (χ3n) is 4.31. The van der Waals surface area contributed by atoms with Gasteiger partial charge in [0.05, 0.1) is 5.92 Å². The standard InChI is InChI=1S/C17H20BrN3O2/c1-20(2)16(22)11-4-3-7-21(10-11)17(23)15-9-12-8-13(18)5-6-14(12)19-15/h5-6,8-9,11,19H,3-4,7,10H2,1-2H3. The molecule has 1 atom stereocenters. The van der Waals surface area contributed by atoms with Crippen LogP contribution in [0.5, 0.6) is 0 Å². The molecule has 6 heteroatoms. The van der Waals surface area contributed by atoms with Gasteiger partial charge in [0.2, 0.25) is 5.91 Å². The lowest BCUT2D eigenvalue weighted by atomic mass is 9.96. The summed E-state index contributed by atoms with van der Waals surface area (Å²) < 4.78 is 0.984. The number of aromatic nitrogens is 1. The summed E-state index contributed by atoms with van der Waals surface area (Å²) in [5.74, 6) is -0.0297. The van der Waals surface area contributed by atoms with Gasteiger partial charge in [0.25, 0.3) is 5.91 Å². The summed E-state index contributed by atoms with van der Waals surface area (Å²) in [4.78, 5) is 31.5. The van der Waals surface area contributed by atoms with Gasteiger partial charge in [-0.05, 0) is 37.1 Å². The van der Waals surface area contributed by atoms with Crippen molar-refractivity contribution in [3.8, 4) is 0 Å². The number of nitrogens with one attached hydrogen (secondary N) is 1. The van der Waals surface area contributed by atoms with E-state index < -0.39 is 0 Å². The minimum Gasteiger partial charge on any atom is -0.351 e. The number of benzene rings is 1. The molecule has 1 aliphatic heterocycles. The molecule has 0 bridgehead atoms. The quantitative estimate of drug-likeness (QED) is 0.874. The number of rotatable bonds is 2. The van der Waals surface area contributed by atoms with Gasteiger partial charge in [-0.25, -0.2) is 0 Å². The second-order valence-electron chi connectivity index (χ2n) is 6.24. The number of hydrogen-bond acceptors (Lipinski definition) is 2. The molecule has 1 fully saturated rings. The van der Waals surface area contributed by atoms with Crippen LogP contribution in [0.1, 0.15) is 23.3 Å². The number of amides is 2. The smallest absolute Gasteiger partial charge is 0.270 e. The molecule has 3 rings (SSSR count). The highest BCUT2D eigenvalue weighted by molar-refractivity contribution is 9.10. The lowest BCUT2D eigenvalue weighted by Crippen LogP contribution is -2.45. The average molecular weight is 378 g/mol. The molecule has 1 aromatic carbocycles. The fourth-order valence-electron chi connectivity index (χ4n) is 3.12. The summed E-state index contributed by atoms with van der Waals surface area (Å²) in [6.07, 6.45) is 1.71. The summed E-state index contributed by atoms with van der Waals surface area (Å²) in [6.45, 7) is 1.20. The average Bonchev–Trinajstić information content (AvgIpc) is 2.96. The molecule has 2 heterocycles. The van der Waals surface area contributed by atoms with E-state index in [0.29, 0.717) is 18.8 Å². The zero-order valence-electron chi connectivity index (χ0n) is 13.3. The number of hydrogen-bond donors (Lipinski definition) is 1. The zero-order chi connectivity index (χ0) is 16.6. The van der Waals surface area contributed by atoms with E-state index >= 15 is 0 Å². The monoisotopic (exact) mass is 377 g/mol. The van der Waals surface area contributed by atoms with E-state index in [2.05, 4.69) is 20.9 Å². The number of aromatic amines is 1. The van der Waals surface area contributed by atoms with Crippen molar-refractivity contribution in [1.82, 2.24) is 14.8 Å². The van der Waals surface area contributed by atoms with Crippen molar-refractivity contribution in [2.24, 2.45) is 5.92 Å². The summed E-state index contributed by atoms with van der Waals surface area (Å²) in [7, 11) is 3.53. The molecule has 0 radical (unpaired) electrons. The van der Waals surface area contributed by atoms with Crippen LogP contribution >= 0.6 is 15.9 Å². The molecule has 0 saturated carbocycles. The van der Waals surface area contributed by atoms with Crippen LogP contribution in [0, 0.1) is 5.92 Å². The lowest BCUT2D eigenvalue weighted by molar-refractivity contribution is -0.134. The highest BCUT2D eigenvalue weighted by Crippen LogP contribution is 2.23. The Morgan fingerprint density at radius 2 is 2.09 bits per heavy atom. The molecule has 5 nitrogen and oxygen atoms in total. The second kappa shape index (κ2) is 6.35. The van der Waals surface area contributed by atoms with Gasteiger partial charge in [0.1, 0.15) is 5.69 Å². The van der Waals surface area contributed by atoms with Crippen molar-refractivity contribution in [3.63, 3.8) is 0 Å². The molecule has 122 valence electrons. The maximum atomic E-state index is 12.8. The van der Waals surface area contributed by atoms with E-state index in [9.17, 15) is 9.59 Å². The van der Waals surface area contributed by atoms with Crippen molar-refractivity contribution in [3.05, 3.63) is 34.4 Å². The highest BCUT2D eigenvalue weighted by Gasteiger charge is 2.30. The van der Waals surface area contributed by atoms with E-state index in [1.165, 1.54) is 0 Å². The number of fused-ring (bicyclic) bond motifs is 1. The van der Waals surface area contributed by atoms with Crippen LogP contribution in [0.4, 0.5) is 0 Å². The first-order chi connectivity index (χ1) is 11.0. The predicted octanol–water partition coefficient (Wildman–Crippen LogP) is 2.87. The largest absolute Gasteiger partial charge is 0.351 e. The Morgan fingerprint density at radius 3 is 2.83 bits per heavy atom. The van der Waals surface area contributed by atoms with Crippen molar-refractivity contribution >= 4 is 38.6 Å². The summed E-state index contributed by atoms with van der Waals surface area (Å²) in [5, 5.41) is 1.00. The minimum absolute atomic E-state index is 0.0337.